The zero-order chi connectivity index (χ0) is 5.56. The second-order valence-corrected chi connectivity index (χ2v) is 4.37. The molecule has 0 aliphatic heterocycles. The van der Waals surface area contributed by atoms with Crippen molar-refractivity contribution in [1.82, 2.24) is 0 Å². The number of alkyl halides is 1. The molecule has 2 aliphatic rings. The van der Waals surface area contributed by atoms with Gasteiger partial charge in [0.15, 0.2) is 0 Å². The van der Waals surface area contributed by atoms with E-state index in [0.717, 1.165) is 16.7 Å². The van der Waals surface area contributed by atoms with Gasteiger partial charge in [0.05, 0.1) is 0 Å². The molecule has 1 heteroatoms. The van der Waals surface area contributed by atoms with E-state index in [1.54, 1.807) is 0 Å². The molecule has 0 spiro atoms. The molecular formula is C7H11Br. The van der Waals surface area contributed by atoms with Gasteiger partial charge in [0.2, 0.25) is 0 Å². The second-order valence-electron chi connectivity index (χ2n) is 3.19. The van der Waals surface area contributed by atoms with Crippen molar-refractivity contribution in [2.45, 2.75) is 30.5 Å². The van der Waals surface area contributed by atoms with Crippen LogP contribution in [0.3, 0.4) is 0 Å². The lowest BCUT2D eigenvalue weighted by Gasteiger charge is -2.13. The highest BCUT2D eigenvalue weighted by Crippen LogP contribution is 2.47. The van der Waals surface area contributed by atoms with E-state index in [2.05, 4.69) is 15.9 Å². The van der Waals surface area contributed by atoms with Gasteiger partial charge in [-0.05, 0) is 31.1 Å². The van der Waals surface area contributed by atoms with Crippen LogP contribution >= 0.6 is 15.9 Å². The molecule has 0 saturated heterocycles. The predicted octanol–water partition coefficient (Wildman–Crippen LogP) is 2.57. The standard InChI is InChI=1S/C7H11Br/c8-7-4-5-1-2-6(7)3-5/h5-7H,1-4H2/t5-,6-,7-/m0/s1. The number of halogens is 1. The SMILES string of the molecule is Br[C@H]1C[C@H]2CC[C@H]1C2. The van der Waals surface area contributed by atoms with Crippen molar-refractivity contribution in [3.05, 3.63) is 0 Å². The molecule has 0 nitrogen and oxygen atoms in total. The molecule has 0 aromatic rings. The number of rotatable bonds is 0. The third-order valence-electron chi connectivity index (χ3n) is 2.65. The summed E-state index contributed by atoms with van der Waals surface area (Å²) >= 11 is 3.70. The average Bonchev–Trinajstić information content (AvgIpc) is 2.23. The maximum atomic E-state index is 3.70. The van der Waals surface area contributed by atoms with Crippen LogP contribution in [0.1, 0.15) is 25.7 Å². The fourth-order valence-corrected chi connectivity index (χ4v) is 3.18. The molecule has 0 unspecified atom stereocenters. The Kier molecular flexibility index (Phi) is 1.14. The van der Waals surface area contributed by atoms with E-state index in [9.17, 15) is 0 Å². The van der Waals surface area contributed by atoms with Gasteiger partial charge in [-0.25, -0.2) is 0 Å². The molecule has 2 bridgehead atoms. The quantitative estimate of drug-likeness (QED) is 0.496. The highest BCUT2D eigenvalue weighted by atomic mass is 79.9. The topological polar surface area (TPSA) is 0 Å². The molecular weight excluding hydrogens is 164 g/mol. The van der Waals surface area contributed by atoms with E-state index in [1.165, 1.54) is 25.7 Å². The third kappa shape index (κ3) is 0.637. The van der Waals surface area contributed by atoms with Crippen molar-refractivity contribution in [3.8, 4) is 0 Å². The van der Waals surface area contributed by atoms with E-state index in [0.29, 0.717) is 0 Å². The Morgan fingerprint density at radius 1 is 1.12 bits per heavy atom. The summed E-state index contributed by atoms with van der Waals surface area (Å²) in [4.78, 5) is 0.890. The minimum Gasteiger partial charge on any atom is -0.0888 e. The first-order valence-corrected chi connectivity index (χ1v) is 4.42. The fraction of sp³-hybridized carbons (Fsp3) is 1.00. The summed E-state index contributed by atoms with van der Waals surface area (Å²) in [6.07, 6.45) is 6.01. The summed E-state index contributed by atoms with van der Waals surface area (Å²) in [6, 6.07) is 0. The van der Waals surface area contributed by atoms with Gasteiger partial charge in [-0.3, -0.25) is 0 Å². The van der Waals surface area contributed by atoms with Crippen molar-refractivity contribution in [1.29, 1.82) is 0 Å². The van der Waals surface area contributed by atoms with Crippen molar-refractivity contribution in [3.63, 3.8) is 0 Å². The van der Waals surface area contributed by atoms with Crippen molar-refractivity contribution >= 4 is 15.9 Å². The van der Waals surface area contributed by atoms with Gasteiger partial charge in [-0.2, -0.15) is 0 Å². The van der Waals surface area contributed by atoms with Crippen LogP contribution in [-0.4, -0.2) is 4.83 Å². The first-order chi connectivity index (χ1) is 3.86. The number of hydrogen-bond donors (Lipinski definition) is 0. The van der Waals surface area contributed by atoms with E-state index in [4.69, 9.17) is 0 Å². The van der Waals surface area contributed by atoms with Gasteiger partial charge in [0.25, 0.3) is 0 Å². The molecule has 2 aliphatic carbocycles. The Bertz CT molecular complexity index is 98.6. The lowest BCUT2D eigenvalue weighted by molar-refractivity contribution is 0.497. The molecule has 0 radical (unpaired) electrons. The largest absolute Gasteiger partial charge is 0.0888 e. The molecule has 2 fully saturated rings. The molecule has 46 valence electrons. The Hall–Kier alpha value is 0.480. The highest BCUT2D eigenvalue weighted by Gasteiger charge is 2.37. The molecule has 3 atom stereocenters. The minimum absolute atomic E-state index is 0.890. The van der Waals surface area contributed by atoms with Crippen LogP contribution in [0.25, 0.3) is 0 Å². The summed E-state index contributed by atoms with van der Waals surface area (Å²) in [6.45, 7) is 0. The smallest absolute Gasteiger partial charge is 0.0176 e. The fourth-order valence-electron chi connectivity index (χ4n) is 2.17. The Labute approximate surface area is 58.8 Å². The molecule has 2 rings (SSSR count). The third-order valence-corrected chi connectivity index (χ3v) is 3.77. The van der Waals surface area contributed by atoms with Crippen LogP contribution < -0.4 is 0 Å². The molecule has 0 heterocycles. The molecule has 8 heavy (non-hydrogen) atoms. The summed E-state index contributed by atoms with van der Waals surface area (Å²) in [5.74, 6) is 2.16. The normalized spacial score (nSPS) is 52.9. The summed E-state index contributed by atoms with van der Waals surface area (Å²) in [7, 11) is 0. The zero-order valence-electron chi connectivity index (χ0n) is 4.94. The van der Waals surface area contributed by atoms with Crippen LogP contribution in [0.5, 0.6) is 0 Å². The van der Waals surface area contributed by atoms with Crippen LogP contribution in [0, 0.1) is 11.8 Å². The van der Waals surface area contributed by atoms with Gasteiger partial charge < -0.3 is 0 Å². The van der Waals surface area contributed by atoms with Gasteiger partial charge in [0, 0.05) is 4.83 Å². The zero-order valence-corrected chi connectivity index (χ0v) is 6.52. The van der Waals surface area contributed by atoms with Crippen molar-refractivity contribution in [2.75, 3.05) is 0 Å². The predicted molar refractivity (Wildman–Crippen MR) is 38.2 cm³/mol. The van der Waals surface area contributed by atoms with E-state index in [1.807, 2.05) is 0 Å². The molecule has 0 aromatic carbocycles. The number of hydrogen-bond acceptors (Lipinski definition) is 0. The van der Waals surface area contributed by atoms with E-state index in [-0.39, 0.29) is 0 Å². The van der Waals surface area contributed by atoms with Crippen molar-refractivity contribution in [2.24, 2.45) is 11.8 Å². The monoisotopic (exact) mass is 174 g/mol. The highest BCUT2D eigenvalue weighted by molar-refractivity contribution is 9.09. The van der Waals surface area contributed by atoms with Gasteiger partial charge in [-0.15, -0.1) is 0 Å². The summed E-state index contributed by atoms with van der Waals surface area (Å²) in [5.41, 5.74) is 0. The van der Waals surface area contributed by atoms with Crippen LogP contribution in [0.15, 0.2) is 0 Å². The van der Waals surface area contributed by atoms with E-state index >= 15 is 0 Å². The molecule has 2 saturated carbocycles. The van der Waals surface area contributed by atoms with Gasteiger partial charge in [0.1, 0.15) is 0 Å². The lowest BCUT2D eigenvalue weighted by atomic mass is 10.0. The Balaban J connectivity index is 2.11. The van der Waals surface area contributed by atoms with Crippen LogP contribution in [-0.2, 0) is 0 Å². The number of fused-ring (bicyclic) bond motifs is 2. The lowest BCUT2D eigenvalue weighted by Crippen LogP contribution is -2.07. The van der Waals surface area contributed by atoms with Gasteiger partial charge in [-0.1, -0.05) is 22.4 Å². The Morgan fingerprint density at radius 2 is 2.00 bits per heavy atom. The Morgan fingerprint density at radius 3 is 2.25 bits per heavy atom. The van der Waals surface area contributed by atoms with Gasteiger partial charge >= 0.3 is 0 Å². The van der Waals surface area contributed by atoms with Crippen LogP contribution in [0.4, 0.5) is 0 Å². The first kappa shape index (κ1) is 5.28. The molecule has 0 N–H and O–H groups in total. The maximum absolute atomic E-state index is 3.70. The van der Waals surface area contributed by atoms with Crippen LogP contribution in [0.2, 0.25) is 0 Å². The molecule has 0 amide bonds. The first-order valence-electron chi connectivity index (χ1n) is 3.50. The molecule has 0 aromatic heterocycles. The minimum atomic E-state index is 0.890. The second kappa shape index (κ2) is 1.73. The van der Waals surface area contributed by atoms with Crippen molar-refractivity contribution < 1.29 is 0 Å². The summed E-state index contributed by atoms with van der Waals surface area (Å²) in [5, 5.41) is 0. The van der Waals surface area contributed by atoms with E-state index < -0.39 is 0 Å². The summed E-state index contributed by atoms with van der Waals surface area (Å²) < 4.78 is 0. The average molecular weight is 175 g/mol. The maximum Gasteiger partial charge on any atom is 0.0176 e.